The molecule has 0 atom stereocenters. The third-order valence-corrected chi connectivity index (χ3v) is 4.75. The summed E-state index contributed by atoms with van der Waals surface area (Å²) in [5.41, 5.74) is 2.08. The minimum Gasteiger partial charge on any atom is -0.354 e. The SMILES string of the molecule is O=C(CN(c1ccccc1)c1ccccc1)NCC1CCCCC1. The lowest BCUT2D eigenvalue weighted by molar-refractivity contribution is -0.119. The minimum absolute atomic E-state index is 0.0910. The van der Waals surface area contributed by atoms with Crippen molar-refractivity contribution >= 4 is 17.3 Å². The van der Waals surface area contributed by atoms with E-state index in [0.29, 0.717) is 12.5 Å². The number of carbonyl (C=O) groups is 1. The highest BCUT2D eigenvalue weighted by Crippen LogP contribution is 2.25. The molecule has 0 aliphatic heterocycles. The molecule has 1 N–H and O–H groups in total. The van der Waals surface area contributed by atoms with Crippen molar-refractivity contribution in [3.05, 3.63) is 60.7 Å². The third-order valence-electron chi connectivity index (χ3n) is 4.75. The van der Waals surface area contributed by atoms with Crippen LogP contribution in [0.4, 0.5) is 11.4 Å². The lowest BCUT2D eigenvalue weighted by Gasteiger charge is -2.26. The van der Waals surface area contributed by atoms with Gasteiger partial charge < -0.3 is 10.2 Å². The van der Waals surface area contributed by atoms with Crippen molar-refractivity contribution in [1.29, 1.82) is 0 Å². The predicted molar refractivity (Wildman–Crippen MR) is 99.5 cm³/mol. The molecule has 3 heteroatoms. The lowest BCUT2D eigenvalue weighted by Crippen LogP contribution is -2.37. The molecule has 1 aliphatic carbocycles. The highest BCUT2D eigenvalue weighted by molar-refractivity contribution is 5.84. The normalized spacial score (nSPS) is 15.0. The monoisotopic (exact) mass is 322 g/mol. The predicted octanol–water partition coefficient (Wildman–Crippen LogP) is 4.52. The van der Waals surface area contributed by atoms with E-state index in [2.05, 4.69) is 10.2 Å². The van der Waals surface area contributed by atoms with E-state index < -0.39 is 0 Å². The van der Waals surface area contributed by atoms with Gasteiger partial charge in [0, 0.05) is 17.9 Å². The zero-order valence-electron chi connectivity index (χ0n) is 14.2. The molecule has 0 heterocycles. The van der Waals surface area contributed by atoms with Crippen molar-refractivity contribution in [2.45, 2.75) is 32.1 Å². The first-order chi connectivity index (χ1) is 11.8. The summed E-state index contributed by atoms with van der Waals surface area (Å²) in [5.74, 6) is 0.748. The molecule has 0 spiro atoms. The summed E-state index contributed by atoms with van der Waals surface area (Å²) in [6.45, 7) is 1.16. The molecule has 3 rings (SSSR count). The van der Waals surface area contributed by atoms with Crippen molar-refractivity contribution < 1.29 is 4.79 Å². The van der Waals surface area contributed by atoms with E-state index in [0.717, 1.165) is 17.9 Å². The summed E-state index contributed by atoms with van der Waals surface area (Å²) in [5, 5.41) is 3.14. The van der Waals surface area contributed by atoms with Crippen LogP contribution in [0.15, 0.2) is 60.7 Å². The maximum atomic E-state index is 12.5. The zero-order valence-corrected chi connectivity index (χ0v) is 14.2. The van der Waals surface area contributed by atoms with E-state index in [1.807, 2.05) is 60.7 Å². The van der Waals surface area contributed by atoms with Crippen LogP contribution >= 0.6 is 0 Å². The van der Waals surface area contributed by atoms with E-state index in [1.165, 1.54) is 32.1 Å². The number of nitrogens with zero attached hydrogens (tertiary/aromatic N) is 1. The molecule has 0 unspecified atom stereocenters. The molecule has 1 amide bonds. The summed E-state index contributed by atoms with van der Waals surface area (Å²) in [7, 11) is 0. The Morgan fingerprint density at radius 1 is 0.875 bits per heavy atom. The Kier molecular flexibility index (Phi) is 5.89. The minimum atomic E-state index is 0.0910. The fourth-order valence-corrected chi connectivity index (χ4v) is 3.40. The van der Waals surface area contributed by atoms with E-state index in [1.54, 1.807) is 0 Å². The smallest absolute Gasteiger partial charge is 0.239 e. The van der Waals surface area contributed by atoms with Crippen molar-refractivity contribution in [3.63, 3.8) is 0 Å². The Labute approximate surface area is 144 Å². The summed E-state index contributed by atoms with van der Waals surface area (Å²) in [6, 6.07) is 20.2. The molecule has 2 aromatic rings. The van der Waals surface area contributed by atoms with Gasteiger partial charge in [-0.05, 0) is 43.0 Å². The van der Waals surface area contributed by atoms with Crippen LogP contribution in [0.25, 0.3) is 0 Å². The number of nitrogens with one attached hydrogen (secondary N) is 1. The molecule has 0 aromatic heterocycles. The van der Waals surface area contributed by atoms with Gasteiger partial charge in [0.2, 0.25) is 5.91 Å². The van der Waals surface area contributed by atoms with Crippen LogP contribution in [0, 0.1) is 5.92 Å². The number of hydrogen-bond acceptors (Lipinski definition) is 2. The molecule has 1 aliphatic rings. The van der Waals surface area contributed by atoms with Gasteiger partial charge in [-0.25, -0.2) is 0 Å². The average Bonchev–Trinajstić information content (AvgIpc) is 2.67. The third kappa shape index (κ3) is 4.60. The molecule has 1 fully saturated rings. The molecule has 0 radical (unpaired) electrons. The average molecular weight is 322 g/mol. The molecule has 24 heavy (non-hydrogen) atoms. The van der Waals surface area contributed by atoms with Crippen LogP contribution in [0.5, 0.6) is 0 Å². The first kappa shape index (κ1) is 16.6. The van der Waals surface area contributed by atoms with Crippen molar-refractivity contribution in [2.75, 3.05) is 18.0 Å². The first-order valence-corrected chi connectivity index (χ1v) is 8.97. The lowest BCUT2D eigenvalue weighted by atomic mass is 9.89. The number of anilines is 2. The van der Waals surface area contributed by atoms with Gasteiger partial charge in [0.25, 0.3) is 0 Å². The second-order valence-electron chi connectivity index (χ2n) is 6.57. The molecule has 0 saturated heterocycles. The standard InChI is InChI=1S/C21H26N2O/c24-21(22-16-18-10-4-1-5-11-18)17-23(19-12-6-2-7-13-19)20-14-8-3-9-15-20/h2-3,6-9,12-15,18H,1,4-5,10-11,16-17H2,(H,22,24). The summed E-state index contributed by atoms with van der Waals surface area (Å²) in [6.07, 6.45) is 6.46. The molecule has 126 valence electrons. The zero-order chi connectivity index (χ0) is 16.6. The first-order valence-electron chi connectivity index (χ1n) is 8.97. The fourth-order valence-electron chi connectivity index (χ4n) is 3.40. The van der Waals surface area contributed by atoms with Gasteiger partial charge in [-0.1, -0.05) is 55.7 Å². The van der Waals surface area contributed by atoms with Crippen molar-refractivity contribution in [2.24, 2.45) is 5.92 Å². The van der Waals surface area contributed by atoms with Crippen LogP contribution in [0.2, 0.25) is 0 Å². The molecule has 3 nitrogen and oxygen atoms in total. The Bertz CT molecular complexity index is 581. The van der Waals surface area contributed by atoms with E-state index >= 15 is 0 Å². The van der Waals surface area contributed by atoms with E-state index in [-0.39, 0.29) is 5.91 Å². The summed E-state index contributed by atoms with van der Waals surface area (Å²) >= 11 is 0. The fraction of sp³-hybridized carbons (Fsp3) is 0.381. The van der Waals surface area contributed by atoms with Gasteiger partial charge in [0.15, 0.2) is 0 Å². The van der Waals surface area contributed by atoms with Crippen LogP contribution in [-0.4, -0.2) is 19.0 Å². The molecular weight excluding hydrogens is 296 g/mol. The van der Waals surface area contributed by atoms with E-state index in [4.69, 9.17) is 0 Å². The van der Waals surface area contributed by atoms with Gasteiger partial charge in [-0.15, -0.1) is 0 Å². The molecule has 1 saturated carbocycles. The van der Waals surface area contributed by atoms with Crippen molar-refractivity contribution in [3.8, 4) is 0 Å². The van der Waals surface area contributed by atoms with Crippen LogP contribution in [-0.2, 0) is 4.79 Å². The van der Waals surface area contributed by atoms with Gasteiger partial charge in [0.05, 0.1) is 0 Å². The van der Waals surface area contributed by atoms with E-state index in [9.17, 15) is 4.79 Å². The highest BCUT2D eigenvalue weighted by Gasteiger charge is 2.17. The Morgan fingerprint density at radius 2 is 1.42 bits per heavy atom. The van der Waals surface area contributed by atoms with Gasteiger partial charge in [-0.3, -0.25) is 4.79 Å². The van der Waals surface area contributed by atoms with Gasteiger partial charge in [0.1, 0.15) is 6.54 Å². The number of hydrogen-bond donors (Lipinski definition) is 1. The second-order valence-corrected chi connectivity index (χ2v) is 6.57. The highest BCUT2D eigenvalue weighted by atomic mass is 16.2. The molecule has 2 aromatic carbocycles. The van der Waals surface area contributed by atoms with Crippen LogP contribution < -0.4 is 10.2 Å². The van der Waals surface area contributed by atoms with Crippen molar-refractivity contribution in [1.82, 2.24) is 5.32 Å². The molecule has 0 bridgehead atoms. The molecular formula is C21H26N2O. The maximum Gasteiger partial charge on any atom is 0.239 e. The van der Waals surface area contributed by atoms with Crippen LogP contribution in [0.1, 0.15) is 32.1 Å². The Hall–Kier alpha value is -2.29. The van der Waals surface area contributed by atoms with Crippen LogP contribution in [0.3, 0.4) is 0 Å². The number of benzene rings is 2. The second kappa shape index (κ2) is 8.53. The quantitative estimate of drug-likeness (QED) is 0.848. The van der Waals surface area contributed by atoms with Gasteiger partial charge in [-0.2, -0.15) is 0 Å². The maximum absolute atomic E-state index is 12.5. The summed E-state index contributed by atoms with van der Waals surface area (Å²) in [4.78, 5) is 14.6. The van der Waals surface area contributed by atoms with Gasteiger partial charge >= 0.3 is 0 Å². The Morgan fingerprint density at radius 3 is 1.96 bits per heavy atom. The number of carbonyl (C=O) groups excluding carboxylic acids is 1. The topological polar surface area (TPSA) is 32.3 Å². The number of para-hydroxylation sites is 2. The Balaban J connectivity index is 1.64. The number of amides is 1. The largest absolute Gasteiger partial charge is 0.354 e. The number of rotatable bonds is 6. The summed E-state index contributed by atoms with van der Waals surface area (Å²) < 4.78 is 0.